The molecule has 7 heteroatoms. The first kappa shape index (κ1) is 20.6. The summed E-state index contributed by atoms with van der Waals surface area (Å²) in [5, 5.41) is 1.04. The fourth-order valence-electron chi connectivity index (χ4n) is 4.54. The molecule has 3 aromatic heterocycles. The first-order valence-electron chi connectivity index (χ1n) is 10.6. The normalized spacial score (nSPS) is 13.3. The Hall–Kier alpha value is -3.32. The van der Waals surface area contributed by atoms with E-state index in [1.165, 1.54) is 22.5 Å². The van der Waals surface area contributed by atoms with Gasteiger partial charge >= 0.3 is 0 Å². The van der Waals surface area contributed by atoms with Crippen LogP contribution in [0.25, 0.3) is 10.2 Å². The standard InChI is InChI=1S/C25H24N4O2S/c1-15-21-22(19-11-17-6-4-5-7-18(17)12-19)27-14-28-24(21)32-23(15)25(30)29(2)13-16-8-9-26-20(10-16)31-3/h4-10,14,19H,11-13H2,1-3H3. The Labute approximate surface area is 190 Å². The summed E-state index contributed by atoms with van der Waals surface area (Å²) in [6, 6.07) is 12.3. The van der Waals surface area contributed by atoms with E-state index in [1.54, 1.807) is 24.5 Å². The highest BCUT2D eigenvalue weighted by molar-refractivity contribution is 7.20. The van der Waals surface area contributed by atoms with Crippen molar-refractivity contribution in [2.75, 3.05) is 14.2 Å². The van der Waals surface area contributed by atoms with Crippen LogP contribution >= 0.6 is 11.3 Å². The predicted octanol–water partition coefficient (Wildman–Crippen LogP) is 4.56. The third kappa shape index (κ3) is 3.62. The molecule has 0 radical (unpaired) electrons. The number of ether oxygens (including phenoxy) is 1. The molecule has 0 aliphatic heterocycles. The van der Waals surface area contributed by atoms with Gasteiger partial charge < -0.3 is 9.64 Å². The number of benzene rings is 1. The minimum absolute atomic E-state index is 0.0121. The average Bonchev–Trinajstić information content (AvgIpc) is 3.40. The second kappa shape index (κ2) is 8.31. The number of fused-ring (bicyclic) bond motifs is 2. The van der Waals surface area contributed by atoms with E-state index in [-0.39, 0.29) is 5.91 Å². The fourth-order valence-corrected chi connectivity index (χ4v) is 5.70. The van der Waals surface area contributed by atoms with Gasteiger partial charge in [0.05, 0.1) is 17.7 Å². The summed E-state index contributed by atoms with van der Waals surface area (Å²) in [6.45, 7) is 2.49. The summed E-state index contributed by atoms with van der Waals surface area (Å²) in [5.41, 5.74) is 5.78. The van der Waals surface area contributed by atoms with Crippen LogP contribution in [0.2, 0.25) is 0 Å². The number of methoxy groups -OCH3 is 1. The van der Waals surface area contributed by atoms with Crippen molar-refractivity contribution in [1.82, 2.24) is 19.9 Å². The van der Waals surface area contributed by atoms with Crippen molar-refractivity contribution >= 4 is 27.5 Å². The van der Waals surface area contributed by atoms with Crippen molar-refractivity contribution < 1.29 is 9.53 Å². The number of aromatic nitrogens is 3. The zero-order valence-electron chi connectivity index (χ0n) is 18.3. The predicted molar refractivity (Wildman–Crippen MR) is 125 cm³/mol. The Bertz CT molecular complexity index is 1290. The maximum Gasteiger partial charge on any atom is 0.264 e. The van der Waals surface area contributed by atoms with Gasteiger partial charge in [0, 0.05) is 37.2 Å². The van der Waals surface area contributed by atoms with Crippen LogP contribution in [0.1, 0.15) is 43.5 Å². The van der Waals surface area contributed by atoms with Crippen LogP contribution in [0.15, 0.2) is 48.9 Å². The molecule has 5 rings (SSSR count). The second-order valence-electron chi connectivity index (χ2n) is 8.24. The summed E-state index contributed by atoms with van der Waals surface area (Å²) < 4.78 is 5.20. The zero-order chi connectivity index (χ0) is 22.2. The van der Waals surface area contributed by atoms with Crippen molar-refractivity contribution in [2.45, 2.75) is 32.2 Å². The molecule has 0 fully saturated rings. The van der Waals surface area contributed by atoms with Crippen LogP contribution in [0.5, 0.6) is 5.88 Å². The van der Waals surface area contributed by atoms with Gasteiger partial charge in [0.15, 0.2) is 0 Å². The SMILES string of the molecule is COc1cc(CN(C)C(=O)c2sc3ncnc(C4Cc5ccccc5C4)c3c2C)ccn1. The molecule has 0 N–H and O–H groups in total. The number of nitrogens with zero attached hydrogens (tertiary/aromatic N) is 4. The summed E-state index contributed by atoms with van der Waals surface area (Å²) >= 11 is 1.46. The molecule has 1 aromatic carbocycles. The molecule has 0 saturated heterocycles. The molecule has 6 nitrogen and oxygen atoms in total. The molecule has 0 atom stereocenters. The van der Waals surface area contributed by atoms with Gasteiger partial charge in [0.2, 0.25) is 5.88 Å². The number of carbonyl (C=O) groups is 1. The molecule has 0 bridgehead atoms. The van der Waals surface area contributed by atoms with Crippen molar-refractivity contribution in [2.24, 2.45) is 0 Å². The minimum Gasteiger partial charge on any atom is -0.481 e. The van der Waals surface area contributed by atoms with Crippen LogP contribution < -0.4 is 4.74 Å². The maximum atomic E-state index is 13.3. The van der Waals surface area contributed by atoms with Crippen LogP contribution in [-0.2, 0) is 19.4 Å². The van der Waals surface area contributed by atoms with Gasteiger partial charge in [-0.25, -0.2) is 15.0 Å². The third-order valence-electron chi connectivity index (χ3n) is 6.16. The van der Waals surface area contributed by atoms with Crippen LogP contribution in [0, 0.1) is 6.92 Å². The molecular weight excluding hydrogens is 420 g/mol. The van der Waals surface area contributed by atoms with E-state index < -0.39 is 0 Å². The van der Waals surface area contributed by atoms with Crippen LogP contribution in [0.4, 0.5) is 0 Å². The second-order valence-corrected chi connectivity index (χ2v) is 9.24. The van der Waals surface area contributed by atoms with Gasteiger partial charge in [0.25, 0.3) is 5.91 Å². The molecule has 0 spiro atoms. The lowest BCUT2D eigenvalue weighted by Crippen LogP contribution is -2.26. The van der Waals surface area contributed by atoms with Crippen molar-refractivity contribution in [1.29, 1.82) is 0 Å². The Morgan fingerprint density at radius 1 is 1.16 bits per heavy atom. The van der Waals surface area contributed by atoms with E-state index >= 15 is 0 Å². The molecule has 1 aliphatic carbocycles. The highest BCUT2D eigenvalue weighted by Gasteiger charge is 2.28. The summed E-state index contributed by atoms with van der Waals surface area (Å²) in [4.78, 5) is 30.0. The van der Waals surface area contributed by atoms with Crippen LogP contribution in [0.3, 0.4) is 0 Å². The van der Waals surface area contributed by atoms with E-state index in [0.717, 1.165) is 44.8 Å². The molecule has 1 aliphatic rings. The Balaban J connectivity index is 1.45. The Morgan fingerprint density at radius 2 is 1.91 bits per heavy atom. The molecule has 3 heterocycles. The van der Waals surface area contributed by atoms with Gasteiger partial charge in [-0.15, -0.1) is 11.3 Å². The number of thiophene rings is 1. The molecule has 1 amide bonds. The van der Waals surface area contributed by atoms with E-state index in [9.17, 15) is 4.79 Å². The van der Waals surface area contributed by atoms with E-state index in [0.29, 0.717) is 18.3 Å². The smallest absolute Gasteiger partial charge is 0.264 e. The summed E-state index contributed by atoms with van der Waals surface area (Å²) in [6.07, 6.45) is 5.28. The lowest BCUT2D eigenvalue weighted by Gasteiger charge is -2.17. The number of hydrogen-bond acceptors (Lipinski definition) is 6. The molecule has 0 saturated carbocycles. The summed E-state index contributed by atoms with van der Waals surface area (Å²) in [7, 11) is 3.41. The largest absolute Gasteiger partial charge is 0.481 e. The topological polar surface area (TPSA) is 68.2 Å². The van der Waals surface area contributed by atoms with E-state index in [2.05, 4.69) is 39.2 Å². The van der Waals surface area contributed by atoms with Crippen LogP contribution in [-0.4, -0.2) is 39.9 Å². The molecular formula is C25H24N4O2S. The number of amides is 1. The summed E-state index contributed by atoms with van der Waals surface area (Å²) in [5.74, 6) is 0.844. The maximum absolute atomic E-state index is 13.3. The number of hydrogen-bond donors (Lipinski definition) is 0. The lowest BCUT2D eigenvalue weighted by molar-refractivity contribution is 0.0789. The minimum atomic E-state index is -0.0121. The number of pyridine rings is 1. The van der Waals surface area contributed by atoms with Gasteiger partial charge in [0.1, 0.15) is 11.2 Å². The Kier molecular flexibility index (Phi) is 5.35. The van der Waals surface area contributed by atoms with Crippen molar-refractivity contribution in [3.05, 3.63) is 81.7 Å². The molecule has 0 unspecified atom stereocenters. The highest BCUT2D eigenvalue weighted by Crippen LogP contribution is 2.39. The van der Waals surface area contributed by atoms with Crippen molar-refractivity contribution in [3.63, 3.8) is 0 Å². The van der Waals surface area contributed by atoms with E-state index in [4.69, 9.17) is 4.74 Å². The van der Waals surface area contributed by atoms with Gasteiger partial charge in [-0.1, -0.05) is 24.3 Å². The quantitative estimate of drug-likeness (QED) is 0.451. The van der Waals surface area contributed by atoms with Gasteiger partial charge in [-0.2, -0.15) is 0 Å². The average molecular weight is 445 g/mol. The third-order valence-corrected chi connectivity index (χ3v) is 7.35. The Morgan fingerprint density at radius 3 is 2.62 bits per heavy atom. The number of carbonyl (C=O) groups excluding carboxylic acids is 1. The first-order valence-corrected chi connectivity index (χ1v) is 11.4. The number of aryl methyl sites for hydroxylation is 1. The van der Waals surface area contributed by atoms with E-state index in [1.807, 2.05) is 26.1 Å². The fraction of sp³-hybridized carbons (Fsp3) is 0.280. The van der Waals surface area contributed by atoms with Crippen molar-refractivity contribution in [3.8, 4) is 5.88 Å². The number of rotatable bonds is 5. The zero-order valence-corrected chi connectivity index (χ0v) is 19.1. The molecule has 4 aromatic rings. The molecule has 32 heavy (non-hydrogen) atoms. The highest BCUT2D eigenvalue weighted by atomic mass is 32.1. The lowest BCUT2D eigenvalue weighted by atomic mass is 9.97. The van der Waals surface area contributed by atoms with Gasteiger partial charge in [-0.05, 0) is 48.1 Å². The first-order chi connectivity index (χ1) is 15.5. The molecule has 162 valence electrons. The monoisotopic (exact) mass is 444 g/mol. The van der Waals surface area contributed by atoms with Gasteiger partial charge in [-0.3, -0.25) is 4.79 Å².